The largest absolute Gasteiger partial charge is 0.383 e. The molecule has 2 rings (SSSR count). The van der Waals surface area contributed by atoms with Gasteiger partial charge in [0.05, 0.1) is 23.6 Å². The van der Waals surface area contributed by atoms with E-state index in [1.807, 2.05) is 16.7 Å². The molecular formula is C13H17N5O. The third-order valence-corrected chi connectivity index (χ3v) is 3.06. The number of nitrogen functional groups attached to an aromatic ring is 1. The SMILES string of the molecule is CC(C)(Cn1cncc1-c1cccnc1N)C(N)=O. The molecule has 0 aliphatic carbocycles. The van der Waals surface area contributed by atoms with Gasteiger partial charge < -0.3 is 16.0 Å². The minimum absolute atomic E-state index is 0.355. The van der Waals surface area contributed by atoms with Crippen LogP contribution in [0.4, 0.5) is 5.82 Å². The number of imidazole rings is 1. The number of amides is 1. The zero-order chi connectivity index (χ0) is 14.0. The Morgan fingerprint density at radius 2 is 2.21 bits per heavy atom. The number of nitrogens with two attached hydrogens (primary N) is 2. The summed E-state index contributed by atoms with van der Waals surface area (Å²) in [5.41, 5.74) is 12.2. The average Bonchev–Trinajstić information content (AvgIpc) is 2.77. The summed E-state index contributed by atoms with van der Waals surface area (Å²) in [6.45, 7) is 4.03. The minimum Gasteiger partial charge on any atom is -0.383 e. The van der Waals surface area contributed by atoms with Gasteiger partial charge in [-0.15, -0.1) is 0 Å². The predicted molar refractivity (Wildman–Crippen MR) is 72.8 cm³/mol. The second kappa shape index (κ2) is 4.72. The second-order valence-corrected chi connectivity index (χ2v) is 5.09. The van der Waals surface area contributed by atoms with Crippen molar-refractivity contribution in [3.63, 3.8) is 0 Å². The topological polar surface area (TPSA) is 99.8 Å². The molecule has 2 aromatic rings. The molecule has 0 saturated heterocycles. The van der Waals surface area contributed by atoms with E-state index in [0.29, 0.717) is 12.4 Å². The summed E-state index contributed by atoms with van der Waals surface area (Å²) >= 11 is 0. The van der Waals surface area contributed by atoms with Crippen LogP contribution in [0.5, 0.6) is 0 Å². The van der Waals surface area contributed by atoms with Crippen LogP contribution >= 0.6 is 0 Å². The number of hydrogen-bond acceptors (Lipinski definition) is 4. The van der Waals surface area contributed by atoms with E-state index in [0.717, 1.165) is 11.3 Å². The number of carbonyl (C=O) groups is 1. The van der Waals surface area contributed by atoms with Crippen molar-refractivity contribution >= 4 is 11.7 Å². The van der Waals surface area contributed by atoms with Gasteiger partial charge in [0, 0.05) is 18.3 Å². The van der Waals surface area contributed by atoms with E-state index in [1.54, 1.807) is 32.6 Å². The van der Waals surface area contributed by atoms with Crippen LogP contribution in [0.25, 0.3) is 11.3 Å². The molecule has 0 atom stereocenters. The van der Waals surface area contributed by atoms with Gasteiger partial charge in [-0.25, -0.2) is 9.97 Å². The summed E-state index contributed by atoms with van der Waals surface area (Å²) in [5.74, 6) is 0.0763. The van der Waals surface area contributed by atoms with E-state index in [9.17, 15) is 4.79 Å². The molecule has 0 unspecified atom stereocenters. The molecule has 0 aliphatic heterocycles. The van der Waals surface area contributed by atoms with E-state index in [1.165, 1.54) is 0 Å². The maximum absolute atomic E-state index is 11.4. The summed E-state index contributed by atoms with van der Waals surface area (Å²) in [6, 6.07) is 3.68. The standard InChI is InChI=1S/C13H17N5O/c1-13(2,12(15)19)7-18-8-16-6-10(18)9-4-3-5-17-11(9)14/h3-6,8H,7H2,1-2H3,(H2,14,17)(H2,15,19). The molecule has 19 heavy (non-hydrogen) atoms. The summed E-state index contributed by atoms with van der Waals surface area (Å²) < 4.78 is 1.86. The Morgan fingerprint density at radius 3 is 2.84 bits per heavy atom. The lowest BCUT2D eigenvalue weighted by Crippen LogP contribution is -2.35. The Kier molecular flexibility index (Phi) is 3.25. The first kappa shape index (κ1) is 13.1. The average molecular weight is 259 g/mol. The fourth-order valence-electron chi connectivity index (χ4n) is 1.81. The number of nitrogens with zero attached hydrogens (tertiary/aromatic N) is 3. The van der Waals surface area contributed by atoms with Crippen molar-refractivity contribution in [3.8, 4) is 11.3 Å². The van der Waals surface area contributed by atoms with Crippen molar-refractivity contribution in [2.45, 2.75) is 20.4 Å². The first-order chi connectivity index (χ1) is 8.92. The molecule has 4 N–H and O–H groups in total. The number of primary amides is 1. The third-order valence-electron chi connectivity index (χ3n) is 3.06. The van der Waals surface area contributed by atoms with Gasteiger partial charge in [0.25, 0.3) is 0 Å². The molecule has 0 radical (unpaired) electrons. The summed E-state index contributed by atoms with van der Waals surface area (Å²) in [7, 11) is 0. The lowest BCUT2D eigenvalue weighted by atomic mass is 9.92. The number of carbonyl (C=O) groups excluding carboxylic acids is 1. The molecule has 0 bridgehead atoms. The van der Waals surface area contributed by atoms with Crippen LogP contribution in [0.3, 0.4) is 0 Å². The van der Waals surface area contributed by atoms with Crippen molar-refractivity contribution in [1.82, 2.24) is 14.5 Å². The van der Waals surface area contributed by atoms with Crippen LogP contribution in [-0.4, -0.2) is 20.4 Å². The van der Waals surface area contributed by atoms with Crippen LogP contribution in [0, 0.1) is 5.41 Å². The first-order valence-corrected chi connectivity index (χ1v) is 5.93. The Hall–Kier alpha value is -2.37. The van der Waals surface area contributed by atoms with Gasteiger partial charge in [0.1, 0.15) is 5.82 Å². The minimum atomic E-state index is -0.660. The molecule has 0 fully saturated rings. The summed E-state index contributed by atoms with van der Waals surface area (Å²) in [4.78, 5) is 19.6. The molecule has 0 aromatic carbocycles. The van der Waals surface area contributed by atoms with E-state index < -0.39 is 5.41 Å². The number of pyridine rings is 1. The molecule has 6 heteroatoms. The van der Waals surface area contributed by atoms with Crippen LogP contribution in [0.2, 0.25) is 0 Å². The van der Waals surface area contributed by atoms with Crippen molar-refractivity contribution < 1.29 is 4.79 Å². The summed E-state index contributed by atoms with van der Waals surface area (Å²) in [5, 5.41) is 0. The van der Waals surface area contributed by atoms with Crippen molar-refractivity contribution in [3.05, 3.63) is 30.9 Å². The molecule has 2 heterocycles. The lowest BCUT2D eigenvalue weighted by Gasteiger charge is -2.22. The maximum Gasteiger partial charge on any atom is 0.224 e. The quantitative estimate of drug-likeness (QED) is 0.856. The smallest absolute Gasteiger partial charge is 0.224 e. The van der Waals surface area contributed by atoms with Crippen molar-refractivity contribution in [1.29, 1.82) is 0 Å². The highest BCUT2D eigenvalue weighted by molar-refractivity contribution is 5.80. The zero-order valence-corrected chi connectivity index (χ0v) is 11.0. The Labute approximate surface area is 111 Å². The van der Waals surface area contributed by atoms with Gasteiger partial charge in [0.15, 0.2) is 0 Å². The fraction of sp³-hybridized carbons (Fsp3) is 0.308. The van der Waals surface area contributed by atoms with Crippen molar-refractivity contribution in [2.24, 2.45) is 11.1 Å². The van der Waals surface area contributed by atoms with E-state index in [-0.39, 0.29) is 5.91 Å². The number of aromatic nitrogens is 3. The Morgan fingerprint density at radius 1 is 1.47 bits per heavy atom. The van der Waals surface area contributed by atoms with Gasteiger partial charge in [-0.3, -0.25) is 4.79 Å². The molecule has 1 amide bonds. The number of rotatable bonds is 4. The monoisotopic (exact) mass is 259 g/mol. The molecule has 100 valence electrons. The number of anilines is 1. The van der Waals surface area contributed by atoms with Crippen LogP contribution in [0.15, 0.2) is 30.9 Å². The molecular weight excluding hydrogens is 242 g/mol. The van der Waals surface area contributed by atoms with Crippen molar-refractivity contribution in [2.75, 3.05) is 5.73 Å². The number of hydrogen-bond donors (Lipinski definition) is 2. The summed E-state index contributed by atoms with van der Waals surface area (Å²) in [6.07, 6.45) is 4.99. The fourth-order valence-corrected chi connectivity index (χ4v) is 1.81. The maximum atomic E-state index is 11.4. The van der Waals surface area contributed by atoms with Gasteiger partial charge in [-0.2, -0.15) is 0 Å². The van der Waals surface area contributed by atoms with Crippen LogP contribution in [0.1, 0.15) is 13.8 Å². The normalized spacial score (nSPS) is 11.5. The van der Waals surface area contributed by atoms with Crippen LogP contribution in [-0.2, 0) is 11.3 Å². The second-order valence-electron chi connectivity index (χ2n) is 5.09. The van der Waals surface area contributed by atoms with Gasteiger partial charge >= 0.3 is 0 Å². The third kappa shape index (κ3) is 2.57. The zero-order valence-electron chi connectivity index (χ0n) is 11.0. The van der Waals surface area contributed by atoms with Gasteiger partial charge in [0.2, 0.25) is 5.91 Å². The van der Waals surface area contributed by atoms with Crippen LogP contribution < -0.4 is 11.5 Å². The Bertz CT molecular complexity index is 603. The lowest BCUT2D eigenvalue weighted by molar-refractivity contribution is -0.126. The van der Waals surface area contributed by atoms with Gasteiger partial charge in [-0.05, 0) is 26.0 Å². The highest BCUT2D eigenvalue weighted by Crippen LogP contribution is 2.26. The predicted octanol–water partition coefficient (Wildman–Crippen LogP) is 1.04. The highest BCUT2D eigenvalue weighted by atomic mass is 16.1. The first-order valence-electron chi connectivity index (χ1n) is 5.93. The van der Waals surface area contributed by atoms with Gasteiger partial charge in [-0.1, -0.05) is 0 Å². The molecule has 6 nitrogen and oxygen atoms in total. The molecule has 0 aliphatic rings. The highest BCUT2D eigenvalue weighted by Gasteiger charge is 2.26. The van der Waals surface area contributed by atoms with E-state index >= 15 is 0 Å². The molecule has 0 spiro atoms. The molecule has 0 saturated carbocycles. The van der Waals surface area contributed by atoms with E-state index in [2.05, 4.69) is 9.97 Å². The van der Waals surface area contributed by atoms with E-state index in [4.69, 9.17) is 11.5 Å². The Balaban J connectivity index is 2.39. The molecule has 2 aromatic heterocycles.